The van der Waals surface area contributed by atoms with Crippen molar-refractivity contribution < 1.29 is 14.7 Å². The van der Waals surface area contributed by atoms with Crippen LogP contribution in [0.15, 0.2) is 41.2 Å². The van der Waals surface area contributed by atoms with Gasteiger partial charge in [0.05, 0.1) is 12.2 Å². The highest BCUT2D eigenvalue weighted by molar-refractivity contribution is 6.11. The summed E-state index contributed by atoms with van der Waals surface area (Å²) in [6, 6.07) is 11.0. The molecule has 8 heteroatoms. The Labute approximate surface area is 178 Å². The van der Waals surface area contributed by atoms with Gasteiger partial charge in [0, 0.05) is 48.2 Å². The van der Waals surface area contributed by atoms with Crippen molar-refractivity contribution in [3.05, 3.63) is 63.7 Å². The number of aromatic carboxylic acids is 1. The van der Waals surface area contributed by atoms with Gasteiger partial charge in [-0.3, -0.25) is 14.5 Å². The molecule has 1 fully saturated rings. The summed E-state index contributed by atoms with van der Waals surface area (Å²) in [5.74, 6) is -0.807. The minimum Gasteiger partial charge on any atom is -0.477 e. The average Bonchev–Trinajstić information content (AvgIpc) is 3.06. The Balaban J connectivity index is 1.35. The number of likely N-dealkylation sites (tertiary alicyclic amines) is 1. The highest BCUT2D eigenvalue weighted by Gasteiger charge is 2.35. The lowest BCUT2D eigenvalue weighted by molar-refractivity contribution is -0.117. The normalized spacial score (nSPS) is 20.4. The third-order valence-electron chi connectivity index (χ3n) is 6.35. The van der Waals surface area contributed by atoms with Crippen LogP contribution in [0.1, 0.15) is 34.1 Å². The highest BCUT2D eigenvalue weighted by Crippen LogP contribution is 2.35. The molecule has 160 valence electrons. The predicted molar refractivity (Wildman–Crippen MR) is 117 cm³/mol. The zero-order valence-electron chi connectivity index (χ0n) is 17.2. The van der Waals surface area contributed by atoms with Crippen molar-refractivity contribution >= 4 is 28.5 Å². The third kappa shape index (κ3) is 3.53. The van der Waals surface area contributed by atoms with Crippen molar-refractivity contribution in [2.45, 2.75) is 25.8 Å². The predicted octanol–water partition coefficient (Wildman–Crippen LogP) is 2.39. The SMILES string of the molecule is Cc1ccc2[nH]c(C(=O)O)c(NC(=O)CN3CC4CC(C3)c3cccc(=O)n3C4)c2c1. The van der Waals surface area contributed by atoms with Crippen LogP contribution in [0.2, 0.25) is 0 Å². The lowest BCUT2D eigenvalue weighted by Gasteiger charge is -2.42. The lowest BCUT2D eigenvalue weighted by atomic mass is 9.83. The zero-order chi connectivity index (χ0) is 21.7. The lowest BCUT2D eigenvalue weighted by Crippen LogP contribution is -2.49. The van der Waals surface area contributed by atoms with Gasteiger partial charge in [-0.1, -0.05) is 17.7 Å². The summed E-state index contributed by atoms with van der Waals surface area (Å²) in [7, 11) is 0. The number of nitrogens with zero attached hydrogens (tertiary/aromatic N) is 2. The summed E-state index contributed by atoms with van der Waals surface area (Å²) in [4.78, 5) is 41.8. The number of piperidine rings is 1. The molecule has 1 amide bonds. The summed E-state index contributed by atoms with van der Waals surface area (Å²) >= 11 is 0. The van der Waals surface area contributed by atoms with E-state index in [9.17, 15) is 19.5 Å². The van der Waals surface area contributed by atoms with Crippen molar-refractivity contribution in [3.63, 3.8) is 0 Å². The summed E-state index contributed by atoms with van der Waals surface area (Å²) in [6.07, 6.45) is 1.02. The first-order chi connectivity index (χ1) is 14.9. The van der Waals surface area contributed by atoms with E-state index in [1.807, 2.05) is 35.8 Å². The van der Waals surface area contributed by atoms with Gasteiger partial charge in [0.25, 0.3) is 5.56 Å². The Bertz CT molecular complexity index is 1260. The van der Waals surface area contributed by atoms with Crippen LogP contribution in [0.25, 0.3) is 10.9 Å². The number of anilines is 1. The number of benzene rings is 1. The molecule has 2 aliphatic heterocycles. The molecule has 2 unspecified atom stereocenters. The molecule has 0 spiro atoms. The second-order valence-electron chi connectivity index (χ2n) is 8.67. The molecule has 2 aliphatic rings. The molecule has 2 aromatic heterocycles. The van der Waals surface area contributed by atoms with E-state index in [2.05, 4.69) is 15.2 Å². The van der Waals surface area contributed by atoms with Crippen molar-refractivity contribution in [3.8, 4) is 0 Å². The number of nitrogens with one attached hydrogen (secondary N) is 2. The fourth-order valence-corrected chi connectivity index (χ4v) is 5.10. The van der Waals surface area contributed by atoms with Crippen LogP contribution in [-0.4, -0.2) is 51.1 Å². The number of hydrogen-bond acceptors (Lipinski definition) is 4. The van der Waals surface area contributed by atoms with Crippen LogP contribution in [0.3, 0.4) is 0 Å². The summed E-state index contributed by atoms with van der Waals surface area (Å²) < 4.78 is 1.86. The summed E-state index contributed by atoms with van der Waals surface area (Å²) in [5.41, 5.74) is 3.02. The van der Waals surface area contributed by atoms with Crippen LogP contribution >= 0.6 is 0 Å². The van der Waals surface area contributed by atoms with E-state index >= 15 is 0 Å². The van der Waals surface area contributed by atoms with Gasteiger partial charge in [-0.25, -0.2) is 4.79 Å². The maximum atomic E-state index is 12.9. The van der Waals surface area contributed by atoms with E-state index in [4.69, 9.17) is 0 Å². The first-order valence-corrected chi connectivity index (χ1v) is 10.5. The van der Waals surface area contributed by atoms with Crippen LogP contribution in [0.4, 0.5) is 5.69 Å². The van der Waals surface area contributed by atoms with E-state index in [0.717, 1.165) is 24.2 Å². The number of amides is 1. The Morgan fingerprint density at radius 3 is 2.84 bits per heavy atom. The largest absolute Gasteiger partial charge is 0.477 e. The number of H-pyrrole nitrogens is 1. The monoisotopic (exact) mass is 420 g/mol. The number of fused-ring (bicyclic) bond motifs is 5. The van der Waals surface area contributed by atoms with Gasteiger partial charge in [0.1, 0.15) is 5.69 Å². The van der Waals surface area contributed by atoms with Crippen LogP contribution < -0.4 is 10.9 Å². The van der Waals surface area contributed by atoms with Gasteiger partial charge in [0.2, 0.25) is 5.91 Å². The van der Waals surface area contributed by atoms with Gasteiger partial charge in [0.15, 0.2) is 0 Å². The first kappa shape index (κ1) is 19.6. The minimum atomic E-state index is -1.11. The van der Waals surface area contributed by atoms with Gasteiger partial charge >= 0.3 is 5.97 Å². The molecule has 0 aliphatic carbocycles. The average molecular weight is 420 g/mol. The van der Waals surface area contributed by atoms with Crippen molar-refractivity contribution in [2.24, 2.45) is 5.92 Å². The molecule has 2 atom stereocenters. The highest BCUT2D eigenvalue weighted by atomic mass is 16.4. The minimum absolute atomic E-state index is 0.0160. The molecular weight excluding hydrogens is 396 g/mol. The molecule has 31 heavy (non-hydrogen) atoms. The Morgan fingerprint density at radius 2 is 2.03 bits per heavy atom. The van der Waals surface area contributed by atoms with E-state index in [0.29, 0.717) is 35.6 Å². The second-order valence-corrected chi connectivity index (χ2v) is 8.67. The van der Waals surface area contributed by atoms with Gasteiger partial charge < -0.3 is 20.0 Å². The molecule has 4 heterocycles. The van der Waals surface area contributed by atoms with E-state index in [1.54, 1.807) is 12.1 Å². The van der Waals surface area contributed by atoms with Crippen LogP contribution in [0.5, 0.6) is 0 Å². The van der Waals surface area contributed by atoms with Gasteiger partial charge in [-0.05, 0) is 37.5 Å². The van der Waals surface area contributed by atoms with Crippen LogP contribution in [0, 0.1) is 12.8 Å². The number of aromatic nitrogens is 2. The molecule has 3 aromatic rings. The maximum Gasteiger partial charge on any atom is 0.354 e. The van der Waals surface area contributed by atoms with Gasteiger partial charge in [-0.15, -0.1) is 0 Å². The quantitative estimate of drug-likeness (QED) is 0.601. The number of carbonyl (C=O) groups excluding carboxylic acids is 1. The molecule has 0 radical (unpaired) electrons. The number of carboxylic acid groups (broad SMARTS) is 1. The van der Waals surface area contributed by atoms with E-state index in [1.165, 1.54) is 0 Å². The Hall–Kier alpha value is -3.39. The summed E-state index contributed by atoms with van der Waals surface area (Å²) in [5, 5.41) is 13.1. The number of rotatable bonds is 4. The Morgan fingerprint density at radius 1 is 1.19 bits per heavy atom. The van der Waals surface area contributed by atoms with Gasteiger partial charge in [-0.2, -0.15) is 0 Å². The third-order valence-corrected chi connectivity index (χ3v) is 6.35. The van der Waals surface area contributed by atoms with Crippen molar-refractivity contribution in [1.29, 1.82) is 0 Å². The number of carbonyl (C=O) groups is 2. The summed E-state index contributed by atoms with van der Waals surface area (Å²) in [6.45, 7) is 4.22. The maximum absolute atomic E-state index is 12.9. The number of aromatic amines is 1. The first-order valence-electron chi connectivity index (χ1n) is 10.5. The van der Waals surface area contributed by atoms with Crippen LogP contribution in [-0.2, 0) is 11.3 Å². The standard InChI is InChI=1S/C23H24N4O4/c1-13-5-6-17-16(7-13)21(22(24-17)23(30)31)25-19(28)12-26-9-14-8-15(11-26)18-3-2-4-20(29)27(18)10-14/h2-7,14-15,24H,8-12H2,1H3,(H,25,28)(H,30,31). The van der Waals surface area contributed by atoms with E-state index in [-0.39, 0.29) is 29.6 Å². The zero-order valence-corrected chi connectivity index (χ0v) is 17.2. The second kappa shape index (κ2) is 7.39. The fraction of sp³-hybridized carbons (Fsp3) is 0.348. The molecular formula is C23H24N4O4. The molecule has 2 bridgehead atoms. The number of hydrogen-bond donors (Lipinski definition) is 3. The molecule has 3 N–H and O–H groups in total. The molecule has 0 saturated carbocycles. The number of carboxylic acids is 1. The number of pyridine rings is 1. The fourth-order valence-electron chi connectivity index (χ4n) is 5.10. The topological polar surface area (TPSA) is 107 Å². The Kier molecular flexibility index (Phi) is 4.66. The number of aryl methyl sites for hydroxylation is 1. The smallest absolute Gasteiger partial charge is 0.354 e. The van der Waals surface area contributed by atoms with E-state index < -0.39 is 5.97 Å². The van der Waals surface area contributed by atoms with Crippen molar-refractivity contribution in [1.82, 2.24) is 14.5 Å². The molecule has 1 aromatic carbocycles. The van der Waals surface area contributed by atoms with Crippen molar-refractivity contribution in [2.75, 3.05) is 25.0 Å². The molecule has 5 rings (SSSR count). The molecule has 8 nitrogen and oxygen atoms in total. The molecule has 1 saturated heterocycles.